The number of carbonyl (C=O) groups excluding carboxylic acids is 2. The fourth-order valence-electron chi connectivity index (χ4n) is 1.79. The van der Waals surface area contributed by atoms with Gasteiger partial charge in [-0.2, -0.15) is 0 Å². The first-order valence-electron chi connectivity index (χ1n) is 6.57. The lowest BCUT2D eigenvalue weighted by Gasteiger charge is -2.22. The number of hydrogen-bond donors (Lipinski definition) is 2. The van der Waals surface area contributed by atoms with E-state index in [9.17, 15) is 9.59 Å². The van der Waals surface area contributed by atoms with Gasteiger partial charge in [0.25, 0.3) is 0 Å². The van der Waals surface area contributed by atoms with Crippen LogP contribution in [-0.4, -0.2) is 25.0 Å². The zero-order chi connectivity index (χ0) is 15.3. The Hall–Kier alpha value is -1.88. The summed E-state index contributed by atoms with van der Waals surface area (Å²) in [6.07, 6.45) is 0. The van der Waals surface area contributed by atoms with Gasteiger partial charge in [-0.3, -0.25) is 4.79 Å². The van der Waals surface area contributed by atoms with Gasteiger partial charge in [-0.1, -0.05) is 43.7 Å². The van der Waals surface area contributed by atoms with Gasteiger partial charge in [0.15, 0.2) is 0 Å². The van der Waals surface area contributed by atoms with Crippen molar-refractivity contribution in [2.45, 2.75) is 32.9 Å². The summed E-state index contributed by atoms with van der Waals surface area (Å²) >= 11 is 0. The molecule has 2 atom stereocenters. The number of benzene rings is 1. The highest BCUT2D eigenvalue weighted by molar-refractivity contribution is 5.88. The maximum Gasteiger partial charge on any atom is 0.328 e. The molecule has 0 aliphatic heterocycles. The summed E-state index contributed by atoms with van der Waals surface area (Å²) in [5.41, 5.74) is 7.72. The van der Waals surface area contributed by atoms with E-state index in [0.29, 0.717) is 5.56 Å². The largest absolute Gasteiger partial charge is 0.467 e. The van der Waals surface area contributed by atoms with Crippen LogP contribution >= 0.6 is 0 Å². The Morgan fingerprint density at radius 3 is 2.20 bits per heavy atom. The molecular formula is C15H22N2O3. The second kappa shape index (κ2) is 7.05. The van der Waals surface area contributed by atoms with E-state index in [-0.39, 0.29) is 5.92 Å². The van der Waals surface area contributed by atoms with Crippen molar-refractivity contribution in [1.29, 1.82) is 0 Å². The van der Waals surface area contributed by atoms with Gasteiger partial charge in [-0.05, 0) is 18.4 Å². The van der Waals surface area contributed by atoms with Crippen LogP contribution in [0.1, 0.15) is 31.0 Å². The molecule has 1 aromatic rings. The Balaban J connectivity index is 2.78. The lowest BCUT2D eigenvalue weighted by atomic mass is 10.0. The number of amides is 1. The summed E-state index contributed by atoms with van der Waals surface area (Å²) in [6.45, 7) is 5.62. The van der Waals surface area contributed by atoms with Crippen LogP contribution in [0.4, 0.5) is 0 Å². The highest BCUT2D eigenvalue weighted by Crippen LogP contribution is 2.13. The molecule has 0 radical (unpaired) electrons. The molecule has 0 fully saturated rings. The molecule has 2 unspecified atom stereocenters. The van der Waals surface area contributed by atoms with Crippen LogP contribution in [0, 0.1) is 12.8 Å². The molecule has 0 spiro atoms. The number of rotatable bonds is 5. The van der Waals surface area contributed by atoms with Crippen LogP contribution in [0.5, 0.6) is 0 Å². The first-order valence-corrected chi connectivity index (χ1v) is 6.57. The highest BCUT2D eigenvalue weighted by Gasteiger charge is 2.27. The van der Waals surface area contributed by atoms with Crippen molar-refractivity contribution < 1.29 is 14.3 Å². The van der Waals surface area contributed by atoms with Crippen LogP contribution in [0.15, 0.2) is 24.3 Å². The summed E-state index contributed by atoms with van der Waals surface area (Å²) in [5, 5.41) is 2.64. The number of methoxy groups -OCH3 is 1. The summed E-state index contributed by atoms with van der Waals surface area (Å²) in [5.74, 6) is -0.931. The third-order valence-electron chi connectivity index (χ3n) is 3.14. The molecule has 0 aromatic heterocycles. The topological polar surface area (TPSA) is 81.4 Å². The third kappa shape index (κ3) is 4.06. The molecule has 0 saturated carbocycles. The Morgan fingerprint density at radius 1 is 1.20 bits per heavy atom. The van der Waals surface area contributed by atoms with Crippen molar-refractivity contribution in [2.75, 3.05) is 7.11 Å². The molecule has 1 amide bonds. The molecule has 3 N–H and O–H groups in total. The minimum Gasteiger partial charge on any atom is -0.467 e. The Morgan fingerprint density at radius 2 is 1.75 bits per heavy atom. The average molecular weight is 278 g/mol. The lowest BCUT2D eigenvalue weighted by Crippen LogP contribution is -2.48. The molecule has 5 heteroatoms. The van der Waals surface area contributed by atoms with Crippen molar-refractivity contribution in [3.63, 3.8) is 0 Å². The van der Waals surface area contributed by atoms with E-state index in [4.69, 9.17) is 5.73 Å². The molecule has 110 valence electrons. The maximum absolute atomic E-state index is 12.1. The summed E-state index contributed by atoms with van der Waals surface area (Å²) < 4.78 is 4.68. The van der Waals surface area contributed by atoms with Crippen LogP contribution in [0.2, 0.25) is 0 Å². The molecule has 5 nitrogen and oxygen atoms in total. The first kappa shape index (κ1) is 16.2. The molecule has 1 rings (SSSR count). The number of esters is 1. The maximum atomic E-state index is 12.1. The van der Waals surface area contributed by atoms with Gasteiger partial charge < -0.3 is 15.8 Å². The second-order valence-electron chi connectivity index (χ2n) is 5.14. The molecule has 0 aliphatic rings. The van der Waals surface area contributed by atoms with E-state index < -0.39 is 24.0 Å². The number of aryl methyl sites for hydroxylation is 1. The molecular weight excluding hydrogens is 256 g/mol. The first-order chi connectivity index (χ1) is 9.36. The van der Waals surface area contributed by atoms with Crippen molar-refractivity contribution >= 4 is 11.9 Å². The van der Waals surface area contributed by atoms with Gasteiger partial charge >= 0.3 is 5.97 Å². The average Bonchev–Trinajstić information content (AvgIpc) is 2.43. The summed E-state index contributed by atoms with van der Waals surface area (Å²) in [7, 11) is 1.30. The fourth-order valence-corrected chi connectivity index (χ4v) is 1.79. The van der Waals surface area contributed by atoms with E-state index in [0.717, 1.165) is 5.56 Å². The van der Waals surface area contributed by atoms with Gasteiger partial charge in [0.2, 0.25) is 5.91 Å². The van der Waals surface area contributed by atoms with E-state index in [2.05, 4.69) is 10.1 Å². The van der Waals surface area contributed by atoms with Gasteiger partial charge in [-0.25, -0.2) is 4.79 Å². The summed E-state index contributed by atoms with van der Waals surface area (Å²) in [6, 6.07) is 5.90. The predicted octanol–water partition coefficient (Wildman–Crippen LogP) is 1.31. The minimum atomic E-state index is -0.804. The zero-order valence-corrected chi connectivity index (χ0v) is 12.3. The number of ether oxygens (including phenoxy) is 1. The zero-order valence-electron chi connectivity index (χ0n) is 12.3. The number of hydrogen-bond acceptors (Lipinski definition) is 4. The van der Waals surface area contributed by atoms with E-state index in [1.54, 1.807) is 0 Å². The second-order valence-corrected chi connectivity index (χ2v) is 5.14. The minimum absolute atomic E-state index is 0.0726. The Kier molecular flexibility index (Phi) is 5.70. The summed E-state index contributed by atoms with van der Waals surface area (Å²) in [4.78, 5) is 23.7. The predicted molar refractivity (Wildman–Crippen MR) is 76.9 cm³/mol. The van der Waals surface area contributed by atoms with Crippen molar-refractivity contribution in [2.24, 2.45) is 11.7 Å². The smallest absolute Gasteiger partial charge is 0.328 e. The van der Waals surface area contributed by atoms with E-state index in [1.807, 2.05) is 45.0 Å². The van der Waals surface area contributed by atoms with E-state index >= 15 is 0 Å². The molecule has 0 bridgehead atoms. The van der Waals surface area contributed by atoms with Gasteiger partial charge in [0.05, 0.1) is 7.11 Å². The molecule has 0 saturated heterocycles. The number of nitrogens with two attached hydrogens (primary N) is 1. The normalized spacial score (nSPS) is 13.7. The SMILES string of the molecule is COC(=O)C(NC(=O)C(N)c1ccc(C)cc1)C(C)C. The van der Waals surface area contributed by atoms with Crippen molar-refractivity contribution in [3.05, 3.63) is 35.4 Å². The van der Waals surface area contributed by atoms with E-state index in [1.165, 1.54) is 7.11 Å². The standard InChI is InChI=1S/C15H22N2O3/c1-9(2)13(15(19)20-4)17-14(18)12(16)11-7-5-10(3)6-8-11/h5-9,12-13H,16H2,1-4H3,(H,17,18). The van der Waals surface area contributed by atoms with Crippen LogP contribution < -0.4 is 11.1 Å². The molecule has 20 heavy (non-hydrogen) atoms. The van der Waals surface area contributed by atoms with Crippen molar-refractivity contribution in [3.8, 4) is 0 Å². The Bertz CT molecular complexity index is 469. The molecule has 0 heterocycles. The van der Waals surface area contributed by atoms with Crippen LogP contribution in [-0.2, 0) is 14.3 Å². The van der Waals surface area contributed by atoms with Gasteiger partial charge in [0, 0.05) is 0 Å². The lowest BCUT2D eigenvalue weighted by molar-refractivity contribution is -0.146. The third-order valence-corrected chi connectivity index (χ3v) is 3.14. The quantitative estimate of drug-likeness (QED) is 0.796. The molecule has 0 aliphatic carbocycles. The highest BCUT2D eigenvalue weighted by atomic mass is 16.5. The van der Waals surface area contributed by atoms with Crippen molar-refractivity contribution in [1.82, 2.24) is 5.32 Å². The van der Waals surface area contributed by atoms with Gasteiger partial charge in [0.1, 0.15) is 12.1 Å². The molecule has 1 aromatic carbocycles. The number of nitrogens with one attached hydrogen (secondary N) is 1. The number of carbonyl (C=O) groups is 2. The monoisotopic (exact) mass is 278 g/mol. The van der Waals surface area contributed by atoms with Crippen LogP contribution in [0.25, 0.3) is 0 Å². The van der Waals surface area contributed by atoms with Gasteiger partial charge in [-0.15, -0.1) is 0 Å². The fraction of sp³-hybridized carbons (Fsp3) is 0.467. The Labute approximate surface area is 119 Å². The van der Waals surface area contributed by atoms with Crippen LogP contribution in [0.3, 0.4) is 0 Å².